The van der Waals surface area contributed by atoms with Crippen LogP contribution in [-0.4, -0.2) is 49.8 Å². The van der Waals surface area contributed by atoms with E-state index in [-0.39, 0.29) is 6.04 Å². The zero-order valence-electron chi connectivity index (χ0n) is 13.5. The molecule has 6 heteroatoms. The van der Waals surface area contributed by atoms with Gasteiger partial charge in [-0.05, 0) is 55.9 Å². The van der Waals surface area contributed by atoms with Crippen molar-refractivity contribution in [1.82, 2.24) is 9.21 Å². The van der Waals surface area contributed by atoms with Crippen LogP contribution < -0.4 is 0 Å². The number of nitriles is 1. The van der Waals surface area contributed by atoms with Crippen molar-refractivity contribution < 1.29 is 8.42 Å². The molecule has 3 rings (SSSR count). The minimum atomic E-state index is -3.43. The summed E-state index contributed by atoms with van der Waals surface area (Å²) < 4.78 is 27.3. The molecule has 0 N–H and O–H groups in total. The van der Waals surface area contributed by atoms with Crippen LogP contribution in [0.5, 0.6) is 0 Å². The van der Waals surface area contributed by atoms with Crippen LogP contribution in [0.1, 0.15) is 30.9 Å². The van der Waals surface area contributed by atoms with Gasteiger partial charge in [0.15, 0.2) is 0 Å². The quantitative estimate of drug-likeness (QED) is 0.846. The predicted octanol–water partition coefficient (Wildman–Crippen LogP) is 1.78. The van der Waals surface area contributed by atoms with Gasteiger partial charge in [0.25, 0.3) is 0 Å². The molecule has 2 aliphatic rings. The fourth-order valence-electron chi connectivity index (χ4n) is 3.43. The van der Waals surface area contributed by atoms with Crippen molar-refractivity contribution >= 4 is 10.0 Å². The lowest BCUT2D eigenvalue weighted by Gasteiger charge is -2.35. The molecule has 124 valence electrons. The van der Waals surface area contributed by atoms with E-state index in [1.165, 1.54) is 17.5 Å². The zero-order chi connectivity index (χ0) is 16.4. The summed E-state index contributed by atoms with van der Waals surface area (Å²) in [5, 5.41) is 8.98. The number of hydrogen-bond donors (Lipinski definition) is 0. The molecule has 1 aliphatic heterocycles. The van der Waals surface area contributed by atoms with Crippen LogP contribution in [0.3, 0.4) is 0 Å². The van der Waals surface area contributed by atoms with Gasteiger partial charge >= 0.3 is 0 Å². The molecule has 1 fully saturated rings. The van der Waals surface area contributed by atoms with E-state index in [0.29, 0.717) is 31.1 Å². The molecule has 1 atom stereocenters. The van der Waals surface area contributed by atoms with Gasteiger partial charge in [-0.3, -0.25) is 4.90 Å². The van der Waals surface area contributed by atoms with Crippen LogP contribution in [0.15, 0.2) is 23.1 Å². The predicted molar refractivity (Wildman–Crippen MR) is 88.5 cm³/mol. The van der Waals surface area contributed by atoms with E-state index in [2.05, 4.69) is 6.07 Å². The molecule has 0 spiro atoms. The summed E-state index contributed by atoms with van der Waals surface area (Å²) in [7, 11) is -3.43. The van der Waals surface area contributed by atoms with Crippen molar-refractivity contribution in [3.63, 3.8) is 0 Å². The number of aryl methyl sites for hydroxylation is 2. The van der Waals surface area contributed by atoms with E-state index in [9.17, 15) is 8.42 Å². The summed E-state index contributed by atoms with van der Waals surface area (Å²) in [4.78, 5) is 2.44. The van der Waals surface area contributed by atoms with E-state index in [1.54, 1.807) is 10.4 Å². The molecule has 1 aliphatic carbocycles. The Hall–Kier alpha value is -1.42. The number of sulfonamides is 1. The first-order valence-electron chi connectivity index (χ1n) is 8.28. The molecule has 0 unspecified atom stereocenters. The number of hydrogen-bond acceptors (Lipinski definition) is 4. The number of fused-ring (bicyclic) bond motifs is 1. The number of piperazine rings is 1. The van der Waals surface area contributed by atoms with Crippen molar-refractivity contribution in [2.45, 2.75) is 43.5 Å². The van der Waals surface area contributed by atoms with Crippen molar-refractivity contribution in [2.75, 3.05) is 26.2 Å². The van der Waals surface area contributed by atoms with Gasteiger partial charge in [0, 0.05) is 26.2 Å². The number of benzene rings is 1. The fourth-order valence-corrected chi connectivity index (χ4v) is 4.91. The Balaban J connectivity index is 1.76. The van der Waals surface area contributed by atoms with Crippen molar-refractivity contribution in [1.29, 1.82) is 5.26 Å². The molecule has 0 radical (unpaired) electrons. The summed E-state index contributed by atoms with van der Waals surface area (Å²) >= 11 is 0. The first-order valence-corrected chi connectivity index (χ1v) is 9.72. The number of nitrogens with zero attached hydrogens (tertiary/aromatic N) is 3. The van der Waals surface area contributed by atoms with Crippen molar-refractivity contribution in [3.05, 3.63) is 29.3 Å². The Morgan fingerprint density at radius 1 is 1.09 bits per heavy atom. The van der Waals surface area contributed by atoms with Crippen LogP contribution in [0.2, 0.25) is 0 Å². The third-order valence-corrected chi connectivity index (χ3v) is 6.86. The second-order valence-electron chi connectivity index (χ2n) is 6.38. The fraction of sp³-hybridized carbons (Fsp3) is 0.588. The molecule has 1 aromatic carbocycles. The van der Waals surface area contributed by atoms with Crippen LogP contribution in [0, 0.1) is 11.3 Å². The van der Waals surface area contributed by atoms with Gasteiger partial charge in [-0.25, -0.2) is 8.42 Å². The van der Waals surface area contributed by atoms with E-state index in [1.807, 2.05) is 24.0 Å². The van der Waals surface area contributed by atoms with Gasteiger partial charge in [0.1, 0.15) is 0 Å². The average Bonchev–Trinajstić information content (AvgIpc) is 2.60. The molecule has 5 nitrogen and oxygen atoms in total. The van der Waals surface area contributed by atoms with E-state index >= 15 is 0 Å². The van der Waals surface area contributed by atoms with Gasteiger partial charge < -0.3 is 0 Å². The van der Waals surface area contributed by atoms with Gasteiger partial charge in [-0.2, -0.15) is 9.57 Å². The lowest BCUT2D eigenvalue weighted by atomic mass is 9.92. The third-order valence-electron chi connectivity index (χ3n) is 4.97. The van der Waals surface area contributed by atoms with E-state index in [4.69, 9.17) is 5.26 Å². The summed E-state index contributed by atoms with van der Waals surface area (Å²) in [5.74, 6) is 0. The Morgan fingerprint density at radius 2 is 1.74 bits per heavy atom. The maximum atomic E-state index is 12.9. The van der Waals surface area contributed by atoms with Crippen LogP contribution >= 0.6 is 0 Å². The highest BCUT2D eigenvalue weighted by atomic mass is 32.2. The summed E-state index contributed by atoms with van der Waals surface area (Å²) in [6.45, 7) is 3.97. The highest BCUT2D eigenvalue weighted by molar-refractivity contribution is 7.89. The standard InChI is InChI=1S/C17H23N3O2S/c1-14(13-18)19-8-10-20(11-9-19)23(21,22)17-7-6-15-4-2-3-5-16(15)12-17/h6-7,12,14H,2-5,8-11H2,1H3/t14-/m0/s1. The Morgan fingerprint density at radius 3 is 2.39 bits per heavy atom. The normalized spacial score (nSPS) is 21.4. The van der Waals surface area contributed by atoms with Crippen LogP contribution in [0.4, 0.5) is 0 Å². The molecule has 23 heavy (non-hydrogen) atoms. The smallest absolute Gasteiger partial charge is 0.243 e. The van der Waals surface area contributed by atoms with Crippen molar-refractivity contribution in [3.8, 4) is 6.07 Å². The molecule has 1 heterocycles. The third kappa shape index (κ3) is 3.27. The Bertz CT molecular complexity index is 716. The van der Waals surface area contributed by atoms with Gasteiger partial charge in [-0.1, -0.05) is 6.07 Å². The molecule has 1 saturated heterocycles. The minimum absolute atomic E-state index is 0.163. The maximum absolute atomic E-state index is 12.9. The Kier molecular flexibility index (Phi) is 4.72. The SMILES string of the molecule is C[C@@H](C#N)N1CCN(S(=O)(=O)c2ccc3c(c2)CCCC3)CC1. The minimum Gasteiger partial charge on any atom is -0.286 e. The lowest BCUT2D eigenvalue weighted by Crippen LogP contribution is -2.50. The first kappa shape index (κ1) is 16.4. The molecule has 1 aromatic rings. The van der Waals surface area contributed by atoms with E-state index < -0.39 is 10.0 Å². The van der Waals surface area contributed by atoms with Gasteiger partial charge in [0.2, 0.25) is 10.0 Å². The first-order chi connectivity index (χ1) is 11.0. The largest absolute Gasteiger partial charge is 0.286 e. The molecular formula is C17H23N3O2S. The van der Waals surface area contributed by atoms with E-state index in [0.717, 1.165) is 19.3 Å². The summed E-state index contributed by atoms with van der Waals surface area (Å²) in [6.07, 6.45) is 4.37. The average molecular weight is 333 g/mol. The van der Waals surface area contributed by atoms with Crippen LogP contribution in [-0.2, 0) is 22.9 Å². The Labute approximate surface area is 138 Å². The van der Waals surface area contributed by atoms with Gasteiger partial charge in [0.05, 0.1) is 17.0 Å². The molecule has 0 aromatic heterocycles. The highest BCUT2D eigenvalue weighted by Crippen LogP contribution is 2.26. The number of rotatable bonds is 3. The second-order valence-corrected chi connectivity index (χ2v) is 8.32. The van der Waals surface area contributed by atoms with Crippen molar-refractivity contribution in [2.24, 2.45) is 0 Å². The summed E-state index contributed by atoms with van der Waals surface area (Å²) in [6, 6.07) is 7.65. The maximum Gasteiger partial charge on any atom is 0.243 e. The van der Waals surface area contributed by atoms with Crippen LogP contribution in [0.25, 0.3) is 0 Å². The second kappa shape index (κ2) is 6.60. The molecular weight excluding hydrogens is 310 g/mol. The zero-order valence-corrected chi connectivity index (χ0v) is 14.3. The topological polar surface area (TPSA) is 64.4 Å². The summed E-state index contributed by atoms with van der Waals surface area (Å²) in [5.41, 5.74) is 2.48. The molecule has 0 amide bonds. The monoisotopic (exact) mass is 333 g/mol. The molecule has 0 bridgehead atoms. The highest BCUT2D eigenvalue weighted by Gasteiger charge is 2.30. The lowest BCUT2D eigenvalue weighted by molar-refractivity contribution is 0.169. The van der Waals surface area contributed by atoms with Gasteiger partial charge in [-0.15, -0.1) is 0 Å². The molecule has 0 saturated carbocycles.